The van der Waals surface area contributed by atoms with Gasteiger partial charge in [-0.15, -0.1) is 0 Å². The van der Waals surface area contributed by atoms with Crippen molar-refractivity contribution < 1.29 is 9.59 Å². The zero-order chi connectivity index (χ0) is 16.0. The van der Waals surface area contributed by atoms with Gasteiger partial charge in [0.1, 0.15) is 0 Å². The summed E-state index contributed by atoms with van der Waals surface area (Å²) >= 11 is 5.91. The predicted molar refractivity (Wildman–Crippen MR) is 84.2 cm³/mol. The van der Waals surface area contributed by atoms with Crippen molar-refractivity contribution in [1.29, 1.82) is 0 Å². The lowest BCUT2D eigenvalue weighted by Crippen LogP contribution is -2.50. The van der Waals surface area contributed by atoms with E-state index in [0.29, 0.717) is 11.6 Å². The fourth-order valence-corrected chi connectivity index (χ4v) is 2.00. The monoisotopic (exact) mass is 311 g/mol. The van der Waals surface area contributed by atoms with Crippen LogP contribution in [0.15, 0.2) is 24.3 Å². The molecule has 116 valence electrons. The van der Waals surface area contributed by atoms with Crippen LogP contribution in [0.4, 0.5) is 4.79 Å². The Morgan fingerprint density at radius 3 is 2.52 bits per heavy atom. The first-order valence-corrected chi connectivity index (χ1v) is 7.08. The van der Waals surface area contributed by atoms with Gasteiger partial charge in [0, 0.05) is 17.1 Å². The molecule has 0 aliphatic heterocycles. The maximum Gasteiger partial charge on any atom is 0.321 e. The first-order valence-electron chi connectivity index (χ1n) is 6.71. The van der Waals surface area contributed by atoms with E-state index in [1.807, 2.05) is 50.9 Å². The van der Waals surface area contributed by atoms with Gasteiger partial charge in [-0.3, -0.25) is 15.0 Å². The highest BCUT2D eigenvalue weighted by Crippen LogP contribution is 2.11. The molecule has 0 saturated carbocycles. The SMILES string of the molecule is CN(CC(=O)NC(=O)NC(C)(C)C)Cc1cccc(Cl)c1. The third-order valence-corrected chi connectivity index (χ3v) is 2.73. The second-order valence-corrected chi connectivity index (χ2v) is 6.49. The standard InChI is InChI=1S/C15H22ClN3O2/c1-15(2,3)18-14(21)17-13(20)10-19(4)9-11-6-5-7-12(16)8-11/h5-8H,9-10H2,1-4H3,(H2,17,18,20,21). The molecule has 5 nitrogen and oxygen atoms in total. The van der Waals surface area contributed by atoms with Crippen molar-refractivity contribution in [3.8, 4) is 0 Å². The summed E-state index contributed by atoms with van der Waals surface area (Å²) in [5, 5.41) is 5.64. The van der Waals surface area contributed by atoms with Gasteiger partial charge in [-0.2, -0.15) is 0 Å². The summed E-state index contributed by atoms with van der Waals surface area (Å²) in [7, 11) is 1.81. The van der Waals surface area contributed by atoms with Crippen molar-refractivity contribution in [2.24, 2.45) is 0 Å². The van der Waals surface area contributed by atoms with Crippen LogP contribution in [-0.4, -0.2) is 36.0 Å². The van der Waals surface area contributed by atoms with Gasteiger partial charge < -0.3 is 5.32 Å². The number of hydrogen-bond donors (Lipinski definition) is 2. The highest BCUT2D eigenvalue weighted by molar-refractivity contribution is 6.30. The first kappa shape index (κ1) is 17.5. The Morgan fingerprint density at radius 2 is 1.95 bits per heavy atom. The molecule has 0 heterocycles. The molecule has 1 aromatic carbocycles. The van der Waals surface area contributed by atoms with Gasteiger partial charge in [-0.1, -0.05) is 23.7 Å². The second kappa shape index (κ2) is 7.43. The third kappa shape index (κ3) is 7.68. The Labute approximate surface area is 130 Å². The number of amides is 3. The van der Waals surface area contributed by atoms with Crippen LogP contribution in [0.3, 0.4) is 0 Å². The Morgan fingerprint density at radius 1 is 1.29 bits per heavy atom. The summed E-state index contributed by atoms with van der Waals surface area (Å²) in [6.07, 6.45) is 0. The molecule has 0 unspecified atom stereocenters. The third-order valence-electron chi connectivity index (χ3n) is 2.50. The average Bonchev–Trinajstić information content (AvgIpc) is 2.24. The van der Waals surface area contributed by atoms with Crippen LogP contribution in [-0.2, 0) is 11.3 Å². The minimum Gasteiger partial charge on any atom is -0.333 e. The van der Waals surface area contributed by atoms with Crippen LogP contribution in [0.1, 0.15) is 26.3 Å². The Hall–Kier alpha value is -1.59. The zero-order valence-electron chi connectivity index (χ0n) is 12.9. The molecule has 3 amide bonds. The van der Waals surface area contributed by atoms with Crippen LogP contribution >= 0.6 is 11.6 Å². The number of imide groups is 1. The molecular formula is C15H22ClN3O2. The van der Waals surface area contributed by atoms with Gasteiger partial charge in [-0.25, -0.2) is 4.79 Å². The van der Waals surface area contributed by atoms with Gasteiger partial charge in [0.15, 0.2) is 0 Å². The van der Waals surface area contributed by atoms with Crippen molar-refractivity contribution in [3.63, 3.8) is 0 Å². The summed E-state index contributed by atoms with van der Waals surface area (Å²) in [6.45, 7) is 6.26. The Balaban J connectivity index is 2.42. The molecule has 0 radical (unpaired) electrons. The molecule has 21 heavy (non-hydrogen) atoms. The van der Waals surface area contributed by atoms with Crippen LogP contribution in [0.2, 0.25) is 5.02 Å². The molecule has 0 atom stereocenters. The molecule has 1 rings (SSSR count). The molecule has 0 spiro atoms. The largest absolute Gasteiger partial charge is 0.333 e. The lowest BCUT2D eigenvalue weighted by molar-refractivity contribution is -0.121. The minimum absolute atomic E-state index is 0.129. The predicted octanol–water partition coefficient (Wildman–Crippen LogP) is 2.40. The Kier molecular flexibility index (Phi) is 6.18. The molecule has 0 saturated heterocycles. The lowest BCUT2D eigenvalue weighted by Gasteiger charge is -2.21. The van der Waals surface area contributed by atoms with E-state index in [1.165, 1.54) is 0 Å². The van der Waals surface area contributed by atoms with Crippen molar-refractivity contribution >= 4 is 23.5 Å². The number of nitrogens with one attached hydrogen (secondary N) is 2. The van der Waals surface area contributed by atoms with Crippen molar-refractivity contribution in [1.82, 2.24) is 15.5 Å². The highest BCUT2D eigenvalue weighted by Gasteiger charge is 2.16. The van der Waals surface area contributed by atoms with E-state index in [2.05, 4.69) is 10.6 Å². The summed E-state index contributed by atoms with van der Waals surface area (Å²) in [5.41, 5.74) is 0.633. The molecule has 0 aromatic heterocycles. The van der Waals surface area contributed by atoms with Gasteiger partial charge in [-0.05, 0) is 45.5 Å². The highest BCUT2D eigenvalue weighted by atomic mass is 35.5. The summed E-state index contributed by atoms with van der Waals surface area (Å²) < 4.78 is 0. The van der Waals surface area contributed by atoms with E-state index in [0.717, 1.165) is 5.56 Å². The Bertz CT molecular complexity index is 512. The van der Waals surface area contributed by atoms with Gasteiger partial charge in [0.25, 0.3) is 0 Å². The number of carbonyl (C=O) groups is 2. The number of urea groups is 1. The van der Waals surface area contributed by atoms with Gasteiger partial charge in [0.2, 0.25) is 5.91 Å². The topological polar surface area (TPSA) is 61.4 Å². The van der Waals surface area contributed by atoms with E-state index in [1.54, 1.807) is 6.07 Å². The quantitative estimate of drug-likeness (QED) is 0.897. The van der Waals surface area contributed by atoms with Crippen molar-refractivity contribution in [3.05, 3.63) is 34.9 Å². The maximum atomic E-state index is 11.8. The van der Waals surface area contributed by atoms with E-state index in [4.69, 9.17) is 11.6 Å². The second-order valence-electron chi connectivity index (χ2n) is 6.05. The molecule has 0 aliphatic carbocycles. The molecule has 6 heteroatoms. The molecule has 0 fully saturated rings. The van der Waals surface area contributed by atoms with Crippen molar-refractivity contribution in [2.45, 2.75) is 32.9 Å². The maximum absolute atomic E-state index is 11.8. The molecule has 0 bridgehead atoms. The smallest absolute Gasteiger partial charge is 0.321 e. The van der Waals surface area contributed by atoms with E-state index in [9.17, 15) is 9.59 Å². The number of hydrogen-bond acceptors (Lipinski definition) is 3. The fourth-order valence-electron chi connectivity index (χ4n) is 1.79. The van der Waals surface area contributed by atoms with E-state index < -0.39 is 6.03 Å². The van der Waals surface area contributed by atoms with E-state index >= 15 is 0 Å². The van der Waals surface area contributed by atoms with Gasteiger partial charge >= 0.3 is 6.03 Å². The number of likely N-dealkylation sites (N-methyl/N-ethyl adjacent to an activating group) is 1. The molecular weight excluding hydrogens is 290 g/mol. The van der Waals surface area contributed by atoms with Crippen LogP contribution in [0.25, 0.3) is 0 Å². The first-order chi connectivity index (χ1) is 9.65. The van der Waals surface area contributed by atoms with Crippen LogP contribution in [0.5, 0.6) is 0 Å². The molecule has 2 N–H and O–H groups in total. The van der Waals surface area contributed by atoms with E-state index in [-0.39, 0.29) is 18.0 Å². The minimum atomic E-state index is -0.483. The number of carbonyl (C=O) groups excluding carboxylic acids is 2. The number of halogens is 1. The molecule has 0 aliphatic rings. The van der Waals surface area contributed by atoms with Gasteiger partial charge in [0.05, 0.1) is 6.54 Å². The zero-order valence-corrected chi connectivity index (χ0v) is 13.6. The number of rotatable bonds is 4. The van der Waals surface area contributed by atoms with Crippen LogP contribution < -0.4 is 10.6 Å². The van der Waals surface area contributed by atoms with Crippen molar-refractivity contribution in [2.75, 3.05) is 13.6 Å². The number of benzene rings is 1. The number of nitrogens with zero attached hydrogens (tertiary/aromatic N) is 1. The average molecular weight is 312 g/mol. The summed E-state index contributed by atoms with van der Waals surface area (Å²) in [4.78, 5) is 25.2. The normalized spacial score (nSPS) is 11.3. The summed E-state index contributed by atoms with van der Waals surface area (Å²) in [6, 6.07) is 6.97. The lowest BCUT2D eigenvalue weighted by atomic mass is 10.1. The summed E-state index contributed by atoms with van der Waals surface area (Å²) in [5.74, 6) is -0.346. The fraction of sp³-hybridized carbons (Fsp3) is 0.467. The molecule has 1 aromatic rings. The van der Waals surface area contributed by atoms with Crippen LogP contribution in [0, 0.1) is 0 Å².